The number of nitrogens with one attached hydrogen (secondary N) is 2. The Morgan fingerprint density at radius 3 is 3.06 bits per heavy atom. The first-order chi connectivity index (χ1) is 7.65. The molecule has 0 spiro atoms. The SMILES string of the molecule is Cc1cc(Br)cnc1NC1CCNC(C)C1. The number of hydrogen-bond donors (Lipinski definition) is 2. The van der Waals surface area contributed by atoms with Gasteiger partial charge in [-0.25, -0.2) is 4.98 Å². The van der Waals surface area contributed by atoms with Crippen molar-refractivity contribution in [2.45, 2.75) is 38.8 Å². The Hall–Kier alpha value is -0.610. The minimum absolute atomic E-state index is 0.545. The van der Waals surface area contributed by atoms with Gasteiger partial charge >= 0.3 is 0 Å². The van der Waals surface area contributed by atoms with E-state index in [1.807, 2.05) is 6.20 Å². The van der Waals surface area contributed by atoms with Crippen LogP contribution in [0, 0.1) is 6.92 Å². The third-order valence-corrected chi connectivity index (χ3v) is 3.44. The molecule has 2 N–H and O–H groups in total. The fraction of sp³-hybridized carbons (Fsp3) is 0.583. The zero-order valence-corrected chi connectivity index (χ0v) is 11.3. The average molecular weight is 284 g/mol. The number of nitrogens with zero attached hydrogens (tertiary/aromatic N) is 1. The molecule has 2 atom stereocenters. The van der Waals surface area contributed by atoms with Crippen LogP contribution in [0.3, 0.4) is 0 Å². The van der Waals surface area contributed by atoms with Crippen molar-refractivity contribution in [1.82, 2.24) is 10.3 Å². The molecule has 4 heteroatoms. The van der Waals surface area contributed by atoms with E-state index < -0.39 is 0 Å². The maximum atomic E-state index is 4.42. The summed E-state index contributed by atoms with van der Waals surface area (Å²) in [7, 11) is 0. The Labute approximate surface area is 105 Å². The Morgan fingerprint density at radius 2 is 2.38 bits per heavy atom. The molecule has 3 nitrogen and oxygen atoms in total. The van der Waals surface area contributed by atoms with Crippen molar-refractivity contribution in [3.05, 3.63) is 22.3 Å². The summed E-state index contributed by atoms with van der Waals surface area (Å²) < 4.78 is 1.04. The Bertz CT molecular complexity index is 367. The van der Waals surface area contributed by atoms with Crippen LogP contribution in [0.5, 0.6) is 0 Å². The van der Waals surface area contributed by atoms with E-state index in [9.17, 15) is 0 Å². The maximum Gasteiger partial charge on any atom is 0.129 e. The van der Waals surface area contributed by atoms with Crippen molar-refractivity contribution in [3.8, 4) is 0 Å². The van der Waals surface area contributed by atoms with Gasteiger partial charge in [0.2, 0.25) is 0 Å². The number of hydrogen-bond acceptors (Lipinski definition) is 3. The number of anilines is 1. The summed E-state index contributed by atoms with van der Waals surface area (Å²) >= 11 is 3.43. The smallest absolute Gasteiger partial charge is 0.129 e. The highest BCUT2D eigenvalue weighted by Gasteiger charge is 2.18. The van der Waals surface area contributed by atoms with Gasteiger partial charge in [-0.15, -0.1) is 0 Å². The minimum Gasteiger partial charge on any atom is -0.367 e. The van der Waals surface area contributed by atoms with Crippen molar-refractivity contribution in [2.24, 2.45) is 0 Å². The topological polar surface area (TPSA) is 37.0 Å². The van der Waals surface area contributed by atoms with E-state index in [-0.39, 0.29) is 0 Å². The van der Waals surface area contributed by atoms with E-state index in [1.54, 1.807) is 0 Å². The molecule has 2 rings (SSSR count). The lowest BCUT2D eigenvalue weighted by Gasteiger charge is -2.29. The quantitative estimate of drug-likeness (QED) is 0.876. The first-order valence-corrected chi connectivity index (χ1v) is 6.56. The van der Waals surface area contributed by atoms with Crippen LogP contribution in [0.4, 0.5) is 5.82 Å². The zero-order valence-electron chi connectivity index (χ0n) is 9.76. The Balaban J connectivity index is 2.02. The molecular weight excluding hydrogens is 266 g/mol. The second kappa shape index (κ2) is 5.15. The highest BCUT2D eigenvalue weighted by Crippen LogP contribution is 2.20. The first-order valence-electron chi connectivity index (χ1n) is 5.77. The first kappa shape index (κ1) is 11.9. The number of pyridine rings is 1. The molecule has 0 aromatic carbocycles. The van der Waals surface area contributed by atoms with Gasteiger partial charge in [-0.3, -0.25) is 0 Å². The Kier molecular flexibility index (Phi) is 3.82. The molecule has 2 unspecified atom stereocenters. The predicted octanol–water partition coefficient (Wildman–Crippen LogP) is 2.70. The zero-order chi connectivity index (χ0) is 11.5. The third-order valence-electron chi connectivity index (χ3n) is 3.01. The average Bonchev–Trinajstić information content (AvgIpc) is 2.22. The van der Waals surface area contributed by atoms with Crippen molar-refractivity contribution < 1.29 is 0 Å². The summed E-state index contributed by atoms with van der Waals surface area (Å²) in [6, 6.07) is 3.24. The van der Waals surface area contributed by atoms with Crippen LogP contribution in [0.15, 0.2) is 16.7 Å². The van der Waals surface area contributed by atoms with Gasteiger partial charge in [0.05, 0.1) is 0 Å². The van der Waals surface area contributed by atoms with Crippen molar-refractivity contribution >= 4 is 21.7 Å². The normalized spacial score (nSPS) is 25.4. The number of rotatable bonds is 2. The fourth-order valence-electron chi connectivity index (χ4n) is 2.15. The summed E-state index contributed by atoms with van der Waals surface area (Å²) in [4.78, 5) is 4.42. The summed E-state index contributed by atoms with van der Waals surface area (Å²) in [5, 5.41) is 6.99. The molecule has 1 fully saturated rings. The predicted molar refractivity (Wildman–Crippen MR) is 70.8 cm³/mol. The minimum atomic E-state index is 0.545. The van der Waals surface area contributed by atoms with Gasteiger partial charge in [0.25, 0.3) is 0 Å². The van der Waals surface area contributed by atoms with Crippen LogP contribution < -0.4 is 10.6 Å². The van der Waals surface area contributed by atoms with Crippen LogP contribution in [0.25, 0.3) is 0 Å². The van der Waals surface area contributed by atoms with Crippen LogP contribution in [-0.2, 0) is 0 Å². The van der Waals surface area contributed by atoms with Crippen LogP contribution >= 0.6 is 15.9 Å². The van der Waals surface area contributed by atoms with Gasteiger partial charge < -0.3 is 10.6 Å². The molecule has 0 radical (unpaired) electrons. The largest absolute Gasteiger partial charge is 0.367 e. The van der Waals surface area contributed by atoms with E-state index in [1.165, 1.54) is 12.0 Å². The van der Waals surface area contributed by atoms with E-state index in [4.69, 9.17) is 0 Å². The van der Waals surface area contributed by atoms with Gasteiger partial charge in [0, 0.05) is 22.8 Å². The summed E-state index contributed by atoms with van der Waals surface area (Å²) in [6.45, 7) is 5.41. The molecule has 0 amide bonds. The molecule has 2 heterocycles. The summed E-state index contributed by atoms with van der Waals surface area (Å²) in [6.07, 6.45) is 4.18. The molecule has 0 bridgehead atoms. The van der Waals surface area contributed by atoms with E-state index in [0.717, 1.165) is 23.3 Å². The van der Waals surface area contributed by atoms with Crippen LogP contribution in [0.1, 0.15) is 25.3 Å². The molecule has 1 aliphatic rings. The second-order valence-electron chi connectivity index (χ2n) is 4.54. The molecule has 1 aromatic rings. The number of aromatic nitrogens is 1. The lowest BCUT2D eigenvalue weighted by atomic mass is 10.0. The van der Waals surface area contributed by atoms with Gasteiger partial charge in [-0.2, -0.15) is 0 Å². The molecule has 1 saturated heterocycles. The van der Waals surface area contributed by atoms with Gasteiger partial charge in [-0.1, -0.05) is 0 Å². The lowest BCUT2D eigenvalue weighted by Crippen LogP contribution is -2.41. The highest BCUT2D eigenvalue weighted by molar-refractivity contribution is 9.10. The molecule has 16 heavy (non-hydrogen) atoms. The third kappa shape index (κ3) is 2.95. The molecule has 88 valence electrons. The maximum absolute atomic E-state index is 4.42. The van der Waals surface area contributed by atoms with Crippen molar-refractivity contribution in [1.29, 1.82) is 0 Å². The Morgan fingerprint density at radius 1 is 1.56 bits per heavy atom. The number of piperidine rings is 1. The molecular formula is C12H18BrN3. The molecule has 0 saturated carbocycles. The standard InChI is InChI=1S/C12H18BrN3/c1-8-5-10(13)7-15-12(8)16-11-3-4-14-9(2)6-11/h5,7,9,11,14H,3-4,6H2,1-2H3,(H,15,16). The van der Waals surface area contributed by atoms with Crippen molar-refractivity contribution in [3.63, 3.8) is 0 Å². The highest BCUT2D eigenvalue weighted by atomic mass is 79.9. The van der Waals surface area contributed by atoms with E-state index in [2.05, 4.69) is 51.5 Å². The summed E-state index contributed by atoms with van der Waals surface area (Å²) in [5.74, 6) is 1.02. The number of aryl methyl sites for hydroxylation is 1. The second-order valence-corrected chi connectivity index (χ2v) is 5.46. The monoisotopic (exact) mass is 283 g/mol. The van der Waals surface area contributed by atoms with E-state index >= 15 is 0 Å². The summed E-state index contributed by atoms with van der Waals surface area (Å²) in [5.41, 5.74) is 1.19. The fourth-order valence-corrected chi connectivity index (χ4v) is 2.59. The molecule has 1 aromatic heterocycles. The van der Waals surface area contributed by atoms with Gasteiger partial charge in [0.1, 0.15) is 5.82 Å². The van der Waals surface area contributed by atoms with Crippen LogP contribution in [0.2, 0.25) is 0 Å². The van der Waals surface area contributed by atoms with Crippen molar-refractivity contribution in [2.75, 3.05) is 11.9 Å². The molecule has 0 aliphatic carbocycles. The van der Waals surface area contributed by atoms with Gasteiger partial charge in [-0.05, 0) is 60.8 Å². The number of halogens is 1. The van der Waals surface area contributed by atoms with Gasteiger partial charge in [0.15, 0.2) is 0 Å². The van der Waals surface area contributed by atoms with E-state index in [0.29, 0.717) is 12.1 Å². The van der Waals surface area contributed by atoms with Crippen LogP contribution in [-0.4, -0.2) is 23.6 Å². The molecule has 1 aliphatic heterocycles. The lowest BCUT2D eigenvalue weighted by molar-refractivity contribution is 0.395.